The van der Waals surface area contributed by atoms with Gasteiger partial charge in [0.1, 0.15) is 17.4 Å². The Morgan fingerprint density at radius 1 is 1.40 bits per heavy atom. The van der Waals surface area contributed by atoms with Gasteiger partial charge in [-0.2, -0.15) is 0 Å². The molecule has 6 nitrogen and oxygen atoms in total. The topological polar surface area (TPSA) is 104 Å². The van der Waals surface area contributed by atoms with E-state index >= 15 is 0 Å². The highest BCUT2D eigenvalue weighted by Crippen LogP contribution is 2.37. The van der Waals surface area contributed by atoms with Crippen molar-refractivity contribution in [3.8, 4) is 5.75 Å². The van der Waals surface area contributed by atoms with Crippen LogP contribution < -0.4 is 16.6 Å². The third-order valence-corrected chi connectivity index (χ3v) is 3.29. The minimum absolute atomic E-state index is 0.166. The van der Waals surface area contributed by atoms with Crippen LogP contribution in [0.2, 0.25) is 0 Å². The molecule has 2 aromatic rings. The Labute approximate surface area is 115 Å². The Morgan fingerprint density at radius 2 is 2.20 bits per heavy atom. The molecule has 1 aromatic carbocycles. The van der Waals surface area contributed by atoms with Crippen LogP contribution in [0.4, 0.5) is 11.5 Å². The van der Waals surface area contributed by atoms with Crippen LogP contribution in [0.15, 0.2) is 29.1 Å². The first-order valence-electron chi connectivity index (χ1n) is 6.54. The molecule has 0 unspecified atom stereocenters. The largest absolute Gasteiger partial charge is 0.508 e. The van der Waals surface area contributed by atoms with Gasteiger partial charge >= 0.3 is 0 Å². The number of nitrogens with two attached hydrogens (primary N) is 1. The van der Waals surface area contributed by atoms with Gasteiger partial charge in [0.2, 0.25) is 0 Å². The fraction of sp³-hybridized carbons (Fsp3) is 0.286. The molecule has 6 heteroatoms. The van der Waals surface area contributed by atoms with Crippen molar-refractivity contribution in [2.45, 2.75) is 25.3 Å². The molecule has 1 fully saturated rings. The molecular formula is C14H16N4O2. The van der Waals surface area contributed by atoms with E-state index in [2.05, 4.69) is 15.3 Å². The molecule has 0 spiro atoms. The predicted molar refractivity (Wildman–Crippen MR) is 76.7 cm³/mol. The number of anilines is 2. The van der Waals surface area contributed by atoms with Crippen molar-refractivity contribution in [3.05, 3.63) is 46.0 Å². The van der Waals surface area contributed by atoms with Gasteiger partial charge in [-0.3, -0.25) is 4.79 Å². The molecule has 0 bridgehead atoms. The second-order valence-electron chi connectivity index (χ2n) is 5.03. The number of rotatable bonds is 4. The fourth-order valence-electron chi connectivity index (χ4n) is 2.05. The zero-order chi connectivity index (χ0) is 14.1. The average molecular weight is 272 g/mol. The number of H-pyrrole nitrogens is 1. The molecule has 0 saturated heterocycles. The number of aromatic hydroxyl groups is 1. The van der Waals surface area contributed by atoms with Gasteiger partial charge in [-0.25, -0.2) is 4.98 Å². The van der Waals surface area contributed by atoms with Crippen molar-refractivity contribution >= 4 is 11.5 Å². The summed E-state index contributed by atoms with van der Waals surface area (Å²) in [5.41, 5.74) is 6.76. The minimum Gasteiger partial charge on any atom is -0.508 e. The van der Waals surface area contributed by atoms with Gasteiger partial charge in [0, 0.05) is 29.8 Å². The summed E-state index contributed by atoms with van der Waals surface area (Å²) in [6, 6.07) is 6.29. The number of hydrogen-bond donors (Lipinski definition) is 4. The third-order valence-electron chi connectivity index (χ3n) is 3.29. The zero-order valence-corrected chi connectivity index (χ0v) is 10.9. The highest BCUT2D eigenvalue weighted by molar-refractivity contribution is 5.48. The summed E-state index contributed by atoms with van der Waals surface area (Å²) in [6.07, 6.45) is 2.14. The number of aromatic amines is 1. The Morgan fingerprint density at radius 3 is 2.95 bits per heavy atom. The van der Waals surface area contributed by atoms with E-state index in [1.165, 1.54) is 6.07 Å². The zero-order valence-electron chi connectivity index (χ0n) is 10.9. The molecule has 104 valence electrons. The Bertz CT molecular complexity index is 692. The summed E-state index contributed by atoms with van der Waals surface area (Å²) in [6.45, 7) is 0.359. The SMILES string of the molecule is Nc1ccc(O)c(CNc2cc(=O)[nH]c(C3CC3)n2)c1. The van der Waals surface area contributed by atoms with Gasteiger partial charge in [-0.1, -0.05) is 0 Å². The Hall–Kier alpha value is -2.50. The summed E-state index contributed by atoms with van der Waals surface area (Å²) < 4.78 is 0. The van der Waals surface area contributed by atoms with Crippen LogP contribution in [0.5, 0.6) is 5.75 Å². The van der Waals surface area contributed by atoms with Gasteiger partial charge in [0.05, 0.1) is 0 Å². The average Bonchev–Trinajstić information content (AvgIpc) is 3.23. The van der Waals surface area contributed by atoms with Gasteiger partial charge in [-0.15, -0.1) is 0 Å². The summed E-state index contributed by atoms with van der Waals surface area (Å²) >= 11 is 0. The standard InChI is InChI=1S/C14H16N4O2/c15-10-3-4-11(19)9(5-10)7-16-12-6-13(20)18-14(17-12)8-1-2-8/h3-6,8,19H,1-2,7,15H2,(H2,16,17,18,20). The molecule has 0 atom stereocenters. The second-order valence-corrected chi connectivity index (χ2v) is 5.03. The van der Waals surface area contributed by atoms with Crippen molar-refractivity contribution in [2.75, 3.05) is 11.1 Å². The molecule has 0 radical (unpaired) electrons. The maximum absolute atomic E-state index is 11.6. The van der Waals surface area contributed by atoms with Crippen LogP contribution >= 0.6 is 0 Å². The van der Waals surface area contributed by atoms with Crippen LogP contribution in [-0.4, -0.2) is 15.1 Å². The lowest BCUT2D eigenvalue weighted by Gasteiger charge is -2.09. The molecule has 1 aromatic heterocycles. The predicted octanol–water partition coefficient (Wildman–Crippen LogP) is 1.55. The van der Waals surface area contributed by atoms with Crippen LogP contribution in [0, 0.1) is 0 Å². The number of nitrogens with one attached hydrogen (secondary N) is 2. The molecule has 5 N–H and O–H groups in total. The van der Waals surface area contributed by atoms with E-state index in [0.29, 0.717) is 29.5 Å². The molecular weight excluding hydrogens is 256 g/mol. The Kier molecular flexibility index (Phi) is 3.06. The molecule has 0 amide bonds. The normalized spacial score (nSPS) is 14.2. The highest BCUT2D eigenvalue weighted by Gasteiger charge is 2.26. The molecule has 1 aliphatic rings. The van der Waals surface area contributed by atoms with Crippen molar-refractivity contribution in [2.24, 2.45) is 0 Å². The number of hydrogen-bond acceptors (Lipinski definition) is 5. The monoisotopic (exact) mass is 272 g/mol. The van der Waals surface area contributed by atoms with Crippen molar-refractivity contribution in [1.82, 2.24) is 9.97 Å². The van der Waals surface area contributed by atoms with Gasteiger partial charge in [-0.05, 0) is 31.0 Å². The van der Waals surface area contributed by atoms with Crippen LogP contribution in [0.3, 0.4) is 0 Å². The lowest BCUT2D eigenvalue weighted by atomic mass is 10.2. The van der Waals surface area contributed by atoms with Gasteiger partial charge in [0.25, 0.3) is 5.56 Å². The first kappa shape index (κ1) is 12.5. The van der Waals surface area contributed by atoms with E-state index in [9.17, 15) is 9.90 Å². The summed E-state index contributed by atoms with van der Waals surface area (Å²) in [5.74, 6) is 1.79. The molecule has 1 aliphatic carbocycles. The van der Waals surface area contributed by atoms with E-state index in [0.717, 1.165) is 18.7 Å². The fourth-order valence-corrected chi connectivity index (χ4v) is 2.05. The Balaban J connectivity index is 1.77. The molecule has 0 aliphatic heterocycles. The minimum atomic E-state index is -0.166. The van der Waals surface area contributed by atoms with Crippen LogP contribution in [-0.2, 0) is 6.54 Å². The summed E-state index contributed by atoms with van der Waals surface area (Å²) in [7, 11) is 0. The third kappa shape index (κ3) is 2.74. The van der Waals surface area contributed by atoms with E-state index in [1.54, 1.807) is 18.2 Å². The van der Waals surface area contributed by atoms with E-state index in [4.69, 9.17) is 5.73 Å². The van der Waals surface area contributed by atoms with E-state index in [-0.39, 0.29) is 11.3 Å². The van der Waals surface area contributed by atoms with Gasteiger partial charge < -0.3 is 21.1 Å². The van der Waals surface area contributed by atoms with Gasteiger partial charge in [0.15, 0.2) is 0 Å². The number of phenolic OH excluding ortho intramolecular Hbond substituents is 1. The summed E-state index contributed by atoms with van der Waals surface area (Å²) in [5, 5.41) is 12.8. The maximum atomic E-state index is 11.6. The van der Waals surface area contributed by atoms with Crippen molar-refractivity contribution < 1.29 is 5.11 Å². The number of benzene rings is 1. The first-order valence-corrected chi connectivity index (χ1v) is 6.54. The van der Waals surface area contributed by atoms with E-state index < -0.39 is 0 Å². The second kappa shape index (κ2) is 4.88. The first-order chi connectivity index (χ1) is 9.61. The smallest absolute Gasteiger partial charge is 0.252 e. The maximum Gasteiger partial charge on any atom is 0.252 e. The number of phenols is 1. The molecule has 1 saturated carbocycles. The molecule has 20 heavy (non-hydrogen) atoms. The lowest BCUT2D eigenvalue weighted by molar-refractivity contribution is 0.469. The van der Waals surface area contributed by atoms with Crippen molar-refractivity contribution in [1.29, 1.82) is 0 Å². The molecule has 1 heterocycles. The van der Waals surface area contributed by atoms with E-state index in [1.807, 2.05) is 0 Å². The number of nitrogen functional groups attached to an aromatic ring is 1. The lowest BCUT2D eigenvalue weighted by Crippen LogP contribution is -2.13. The highest BCUT2D eigenvalue weighted by atomic mass is 16.3. The van der Waals surface area contributed by atoms with Crippen LogP contribution in [0.1, 0.15) is 30.1 Å². The molecule has 3 rings (SSSR count). The van der Waals surface area contributed by atoms with Crippen LogP contribution in [0.25, 0.3) is 0 Å². The quantitative estimate of drug-likeness (QED) is 0.499. The number of nitrogens with zero attached hydrogens (tertiary/aromatic N) is 1. The van der Waals surface area contributed by atoms with Crippen molar-refractivity contribution in [3.63, 3.8) is 0 Å². The number of aromatic nitrogens is 2. The summed E-state index contributed by atoms with van der Waals surface area (Å²) in [4.78, 5) is 18.7.